The number of rotatable bonds is 3. The topological polar surface area (TPSA) is 77.8 Å². The minimum absolute atomic E-state index is 0.132. The molecule has 1 aromatic carbocycles. The molecule has 1 aromatic heterocycles. The van der Waals surface area contributed by atoms with Crippen molar-refractivity contribution in [2.75, 3.05) is 5.32 Å². The molecule has 2 aromatic rings. The zero-order valence-corrected chi connectivity index (χ0v) is 11.9. The molecule has 0 fully saturated rings. The van der Waals surface area contributed by atoms with Crippen LogP contribution in [0.15, 0.2) is 42.7 Å². The number of nitrogens with zero attached hydrogens (tertiary/aromatic N) is 2. The highest BCUT2D eigenvalue weighted by Crippen LogP contribution is 2.17. The van der Waals surface area contributed by atoms with Gasteiger partial charge in [-0.05, 0) is 49.2 Å². The van der Waals surface area contributed by atoms with Crippen LogP contribution in [0.4, 0.5) is 10.5 Å². The second-order valence-corrected chi connectivity index (χ2v) is 4.74. The van der Waals surface area contributed by atoms with Gasteiger partial charge in [-0.3, -0.25) is 4.98 Å². The van der Waals surface area contributed by atoms with E-state index >= 15 is 0 Å². The zero-order chi connectivity index (χ0) is 15.2. The lowest BCUT2D eigenvalue weighted by Crippen LogP contribution is -2.31. The van der Waals surface area contributed by atoms with Crippen LogP contribution in [-0.2, 0) is 0 Å². The number of amides is 2. The van der Waals surface area contributed by atoms with E-state index in [0.29, 0.717) is 11.3 Å². The van der Waals surface area contributed by atoms with Crippen molar-refractivity contribution in [2.45, 2.75) is 19.9 Å². The monoisotopic (exact) mass is 280 g/mol. The summed E-state index contributed by atoms with van der Waals surface area (Å²) in [6.45, 7) is 3.77. The quantitative estimate of drug-likeness (QED) is 0.906. The van der Waals surface area contributed by atoms with Crippen LogP contribution in [-0.4, -0.2) is 11.0 Å². The molecule has 0 bridgehead atoms. The van der Waals surface area contributed by atoms with Crippen molar-refractivity contribution in [3.05, 3.63) is 59.4 Å². The van der Waals surface area contributed by atoms with E-state index in [9.17, 15) is 4.79 Å². The Hall–Kier alpha value is -2.87. The number of aromatic nitrogens is 1. The molecule has 0 aliphatic heterocycles. The van der Waals surface area contributed by atoms with E-state index in [0.717, 1.165) is 11.1 Å². The van der Waals surface area contributed by atoms with Crippen LogP contribution in [0.1, 0.15) is 29.7 Å². The predicted molar refractivity (Wildman–Crippen MR) is 80.7 cm³/mol. The molecule has 5 heteroatoms. The molecule has 0 spiro atoms. The Bertz CT molecular complexity index is 676. The number of hydrogen-bond donors (Lipinski definition) is 2. The van der Waals surface area contributed by atoms with Crippen LogP contribution in [0.5, 0.6) is 0 Å². The van der Waals surface area contributed by atoms with Crippen molar-refractivity contribution in [1.29, 1.82) is 5.26 Å². The van der Waals surface area contributed by atoms with Crippen LogP contribution in [0, 0.1) is 18.3 Å². The Morgan fingerprint density at radius 3 is 2.67 bits per heavy atom. The van der Waals surface area contributed by atoms with E-state index < -0.39 is 0 Å². The van der Waals surface area contributed by atoms with Crippen molar-refractivity contribution in [3.63, 3.8) is 0 Å². The molecule has 2 amide bonds. The van der Waals surface area contributed by atoms with Crippen molar-refractivity contribution >= 4 is 11.7 Å². The zero-order valence-electron chi connectivity index (χ0n) is 11.9. The lowest BCUT2D eigenvalue weighted by molar-refractivity contribution is 0.249. The fourth-order valence-electron chi connectivity index (χ4n) is 1.92. The van der Waals surface area contributed by atoms with Crippen molar-refractivity contribution in [3.8, 4) is 6.07 Å². The first-order chi connectivity index (χ1) is 10.1. The summed E-state index contributed by atoms with van der Waals surface area (Å²) in [5, 5.41) is 14.5. The second kappa shape index (κ2) is 6.53. The lowest BCUT2D eigenvalue weighted by Gasteiger charge is -2.15. The van der Waals surface area contributed by atoms with Crippen LogP contribution in [0.2, 0.25) is 0 Å². The summed E-state index contributed by atoms with van der Waals surface area (Å²) in [6, 6.07) is 10.5. The normalized spacial score (nSPS) is 11.3. The van der Waals surface area contributed by atoms with Crippen LogP contribution >= 0.6 is 0 Å². The maximum Gasteiger partial charge on any atom is 0.319 e. The van der Waals surface area contributed by atoms with Gasteiger partial charge in [0.15, 0.2) is 0 Å². The van der Waals surface area contributed by atoms with Gasteiger partial charge in [-0.1, -0.05) is 6.07 Å². The van der Waals surface area contributed by atoms with Gasteiger partial charge in [0.25, 0.3) is 0 Å². The summed E-state index contributed by atoms with van der Waals surface area (Å²) in [4.78, 5) is 16.0. The molecule has 21 heavy (non-hydrogen) atoms. The standard InChI is InChI=1S/C16H16N4O/c1-11-3-4-13(10-17)9-15(11)20-16(21)19-12(2)14-5-7-18-8-6-14/h3-9,12H,1-2H3,(H2,19,20,21)/t12-/m0/s1. The van der Waals surface area contributed by atoms with Crippen molar-refractivity contribution in [2.24, 2.45) is 0 Å². The highest BCUT2D eigenvalue weighted by Gasteiger charge is 2.10. The van der Waals surface area contributed by atoms with E-state index in [1.165, 1.54) is 0 Å². The third kappa shape index (κ3) is 3.80. The van der Waals surface area contributed by atoms with Gasteiger partial charge in [0, 0.05) is 18.1 Å². The van der Waals surface area contributed by atoms with Gasteiger partial charge in [0.1, 0.15) is 0 Å². The average Bonchev–Trinajstić information content (AvgIpc) is 2.50. The van der Waals surface area contributed by atoms with Gasteiger partial charge in [0.05, 0.1) is 17.7 Å². The fourth-order valence-corrected chi connectivity index (χ4v) is 1.92. The summed E-state index contributed by atoms with van der Waals surface area (Å²) in [5.41, 5.74) is 3.02. The van der Waals surface area contributed by atoms with Gasteiger partial charge in [0.2, 0.25) is 0 Å². The number of pyridine rings is 1. The maximum atomic E-state index is 12.0. The van der Waals surface area contributed by atoms with Gasteiger partial charge >= 0.3 is 6.03 Å². The highest BCUT2D eigenvalue weighted by atomic mass is 16.2. The predicted octanol–water partition coefficient (Wildman–Crippen LogP) is 3.14. The number of carbonyl (C=O) groups is 1. The van der Waals surface area contributed by atoms with Crippen LogP contribution in [0.25, 0.3) is 0 Å². The SMILES string of the molecule is Cc1ccc(C#N)cc1NC(=O)N[C@@H](C)c1ccncc1. The summed E-state index contributed by atoms with van der Waals surface area (Å²) < 4.78 is 0. The first kappa shape index (κ1) is 14.5. The molecule has 2 N–H and O–H groups in total. The summed E-state index contributed by atoms with van der Waals surface area (Å²) in [7, 11) is 0. The number of benzene rings is 1. The molecular formula is C16H16N4O. The van der Waals surface area contributed by atoms with Crippen LogP contribution < -0.4 is 10.6 Å². The van der Waals surface area contributed by atoms with Gasteiger partial charge < -0.3 is 10.6 Å². The number of urea groups is 1. The molecule has 106 valence electrons. The Morgan fingerprint density at radius 2 is 2.00 bits per heavy atom. The van der Waals surface area contributed by atoms with Crippen molar-refractivity contribution in [1.82, 2.24) is 10.3 Å². The fraction of sp³-hybridized carbons (Fsp3) is 0.188. The molecule has 0 saturated heterocycles. The van der Waals surface area contributed by atoms with Crippen LogP contribution in [0.3, 0.4) is 0 Å². The Labute approximate surface area is 123 Å². The average molecular weight is 280 g/mol. The van der Waals surface area contributed by atoms with E-state index in [2.05, 4.69) is 21.7 Å². The second-order valence-electron chi connectivity index (χ2n) is 4.74. The van der Waals surface area contributed by atoms with Gasteiger partial charge in [-0.15, -0.1) is 0 Å². The molecular weight excluding hydrogens is 264 g/mol. The minimum atomic E-state index is -0.308. The molecule has 2 rings (SSSR count). The maximum absolute atomic E-state index is 12.0. The first-order valence-corrected chi connectivity index (χ1v) is 6.58. The van der Waals surface area contributed by atoms with Gasteiger partial charge in [-0.2, -0.15) is 5.26 Å². The highest BCUT2D eigenvalue weighted by molar-refractivity contribution is 5.90. The number of carbonyl (C=O) groups excluding carboxylic acids is 1. The summed E-state index contributed by atoms with van der Waals surface area (Å²) in [6.07, 6.45) is 3.37. The van der Waals surface area contributed by atoms with Gasteiger partial charge in [-0.25, -0.2) is 4.79 Å². The number of anilines is 1. The lowest BCUT2D eigenvalue weighted by atomic mass is 10.1. The Morgan fingerprint density at radius 1 is 1.29 bits per heavy atom. The largest absolute Gasteiger partial charge is 0.331 e. The number of nitriles is 1. The molecule has 0 saturated carbocycles. The van der Waals surface area contributed by atoms with E-state index in [1.54, 1.807) is 30.6 Å². The van der Waals surface area contributed by atoms with E-state index in [1.807, 2.05) is 26.0 Å². The smallest absolute Gasteiger partial charge is 0.319 e. The molecule has 1 heterocycles. The summed E-state index contributed by atoms with van der Waals surface area (Å²) >= 11 is 0. The van der Waals surface area contributed by atoms with Crippen molar-refractivity contribution < 1.29 is 4.79 Å². The number of aryl methyl sites for hydroxylation is 1. The molecule has 1 atom stereocenters. The van der Waals surface area contributed by atoms with E-state index in [4.69, 9.17) is 5.26 Å². The molecule has 0 aliphatic carbocycles. The first-order valence-electron chi connectivity index (χ1n) is 6.58. The Kier molecular flexibility index (Phi) is 4.52. The number of hydrogen-bond acceptors (Lipinski definition) is 3. The van der Waals surface area contributed by atoms with E-state index in [-0.39, 0.29) is 12.1 Å². The summed E-state index contributed by atoms with van der Waals surface area (Å²) in [5.74, 6) is 0. The number of nitrogens with one attached hydrogen (secondary N) is 2. The molecule has 0 aliphatic rings. The Balaban J connectivity index is 2.04. The molecule has 5 nitrogen and oxygen atoms in total. The molecule has 0 unspecified atom stereocenters. The molecule has 0 radical (unpaired) electrons. The third-order valence-electron chi connectivity index (χ3n) is 3.17. The third-order valence-corrected chi connectivity index (χ3v) is 3.17. The minimum Gasteiger partial charge on any atom is -0.331 e.